The van der Waals surface area contributed by atoms with Gasteiger partial charge in [0, 0.05) is 28.2 Å². The molecule has 1 aromatic carbocycles. The highest BCUT2D eigenvalue weighted by atomic mass is 16.1. The van der Waals surface area contributed by atoms with Crippen LogP contribution in [0.15, 0.2) is 49.1 Å². The fraction of sp³-hybridized carbons (Fsp3) is 0.0526. The molecule has 3 aromatic heterocycles. The second kappa shape index (κ2) is 6.53. The summed E-state index contributed by atoms with van der Waals surface area (Å²) in [6.07, 6.45) is 4.96. The Morgan fingerprint density at radius 1 is 1.15 bits per heavy atom. The lowest BCUT2D eigenvalue weighted by Crippen LogP contribution is -2.09. The fourth-order valence-electron chi connectivity index (χ4n) is 2.66. The van der Waals surface area contributed by atoms with E-state index in [1.165, 1.54) is 6.33 Å². The van der Waals surface area contributed by atoms with E-state index in [-0.39, 0.29) is 0 Å². The third kappa shape index (κ3) is 3.03. The summed E-state index contributed by atoms with van der Waals surface area (Å²) in [4.78, 5) is 27.6. The first kappa shape index (κ1) is 15.6. The Bertz CT molecular complexity index is 1180. The van der Waals surface area contributed by atoms with Gasteiger partial charge in [-0.1, -0.05) is 5.92 Å². The Kier molecular flexibility index (Phi) is 3.92. The lowest BCUT2D eigenvalue weighted by molar-refractivity contribution is -0.111. The summed E-state index contributed by atoms with van der Waals surface area (Å²) in [7, 11) is 0. The van der Waals surface area contributed by atoms with E-state index < -0.39 is 5.91 Å². The van der Waals surface area contributed by atoms with Gasteiger partial charge in [-0.25, -0.2) is 15.0 Å². The van der Waals surface area contributed by atoms with Crippen molar-refractivity contribution in [2.24, 2.45) is 0 Å². The summed E-state index contributed by atoms with van der Waals surface area (Å²) in [5.74, 6) is 5.58. The first-order chi connectivity index (χ1) is 12.7. The molecule has 0 atom stereocenters. The maximum Gasteiger partial charge on any atom is 0.301 e. The predicted octanol–water partition coefficient (Wildman–Crippen LogP) is 3.21. The van der Waals surface area contributed by atoms with Crippen LogP contribution in [0.4, 0.5) is 17.3 Å². The molecule has 4 aromatic rings. The van der Waals surface area contributed by atoms with Crippen molar-refractivity contribution < 1.29 is 4.79 Å². The number of pyridine rings is 1. The van der Waals surface area contributed by atoms with Crippen LogP contribution in [-0.2, 0) is 4.79 Å². The maximum atomic E-state index is 11.6. The fourth-order valence-corrected chi connectivity index (χ4v) is 2.66. The molecule has 0 bridgehead atoms. The number of amides is 1. The molecular weight excluding hydrogens is 328 g/mol. The van der Waals surface area contributed by atoms with Gasteiger partial charge in [0.05, 0.1) is 11.7 Å². The number of aromatic amines is 1. The largest absolute Gasteiger partial charge is 0.361 e. The molecule has 0 radical (unpaired) electrons. The van der Waals surface area contributed by atoms with Gasteiger partial charge in [0.2, 0.25) is 0 Å². The molecule has 26 heavy (non-hydrogen) atoms. The average Bonchev–Trinajstić information content (AvgIpc) is 3.10. The minimum Gasteiger partial charge on any atom is -0.361 e. The molecule has 7 nitrogen and oxygen atoms in total. The number of carbonyl (C=O) groups excluding carboxylic acids is 1. The number of nitrogens with one attached hydrogen (secondary N) is 3. The summed E-state index contributed by atoms with van der Waals surface area (Å²) in [6, 6.07) is 9.72. The Labute approximate surface area is 148 Å². The third-order valence-electron chi connectivity index (χ3n) is 3.82. The van der Waals surface area contributed by atoms with Crippen LogP contribution in [-0.4, -0.2) is 25.8 Å². The number of carbonyl (C=O) groups is 1. The minimum atomic E-state index is -0.413. The van der Waals surface area contributed by atoms with Crippen LogP contribution in [0.3, 0.4) is 0 Å². The van der Waals surface area contributed by atoms with E-state index in [1.807, 2.05) is 30.5 Å². The SMILES string of the molecule is CC#CC(=O)Nc1cc2c(Nc3ccc4[nH]ccc4c3)ncnc2cn1. The van der Waals surface area contributed by atoms with Crippen molar-refractivity contribution in [3.05, 3.63) is 49.1 Å². The van der Waals surface area contributed by atoms with Crippen molar-refractivity contribution >= 4 is 45.0 Å². The number of H-pyrrole nitrogens is 1. The Hall–Kier alpha value is -3.92. The van der Waals surface area contributed by atoms with Gasteiger partial charge in [-0.2, -0.15) is 0 Å². The molecule has 0 fully saturated rings. The summed E-state index contributed by atoms with van der Waals surface area (Å²) >= 11 is 0. The van der Waals surface area contributed by atoms with Crippen molar-refractivity contribution in [2.45, 2.75) is 6.92 Å². The molecular formula is C19H14N6O. The number of anilines is 3. The highest BCUT2D eigenvalue weighted by Crippen LogP contribution is 2.26. The Morgan fingerprint density at radius 3 is 2.96 bits per heavy atom. The van der Waals surface area contributed by atoms with E-state index in [0.717, 1.165) is 22.0 Å². The van der Waals surface area contributed by atoms with Crippen LogP contribution in [0.5, 0.6) is 0 Å². The second-order valence-electron chi connectivity index (χ2n) is 5.54. The highest BCUT2D eigenvalue weighted by molar-refractivity contribution is 6.04. The van der Waals surface area contributed by atoms with Crippen LogP contribution >= 0.6 is 0 Å². The molecule has 0 aliphatic carbocycles. The topological polar surface area (TPSA) is 95.6 Å². The minimum absolute atomic E-state index is 0.393. The zero-order valence-electron chi connectivity index (χ0n) is 13.9. The van der Waals surface area contributed by atoms with Crippen molar-refractivity contribution in [3.8, 4) is 11.8 Å². The van der Waals surface area contributed by atoms with E-state index in [1.54, 1.807) is 19.2 Å². The number of fused-ring (bicyclic) bond motifs is 2. The van der Waals surface area contributed by atoms with E-state index in [2.05, 4.69) is 42.4 Å². The third-order valence-corrected chi connectivity index (χ3v) is 3.82. The highest BCUT2D eigenvalue weighted by Gasteiger charge is 2.08. The summed E-state index contributed by atoms with van der Waals surface area (Å²) in [5, 5.41) is 7.78. The van der Waals surface area contributed by atoms with Crippen LogP contribution in [0, 0.1) is 11.8 Å². The van der Waals surface area contributed by atoms with Crippen molar-refractivity contribution in [2.75, 3.05) is 10.6 Å². The van der Waals surface area contributed by atoms with Crippen molar-refractivity contribution in [3.63, 3.8) is 0 Å². The molecule has 0 saturated heterocycles. The Morgan fingerprint density at radius 2 is 2.08 bits per heavy atom. The molecule has 1 amide bonds. The van der Waals surface area contributed by atoms with Gasteiger partial charge >= 0.3 is 5.91 Å². The first-order valence-corrected chi connectivity index (χ1v) is 7.91. The molecule has 0 unspecified atom stereocenters. The molecule has 0 spiro atoms. The molecule has 4 rings (SSSR count). The molecule has 3 heterocycles. The molecule has 126 valence electrons. The van der Waals surface area contributed by atoms with Gasteiger partial charge in [0.1, 0.15) is 18.0 Å². The molecule has 7 heteroatoms. The van der Waals surface area contributed by atoms with Crippen LogP contribution in [0.1, 0.15) is 6.92 Å². The number of hydrogen-bond acceptors (Lipinski definition) is 5. The molecule has 0 aliphatic heterocycles. The smallest absolute Gasteiger partial charge is 0.301 e. The molecule has 3 N–H and O–H groups in total. The van der Waals surface area contributed by atoms with Gasteiger partial charge in [-0.3, -0.25) is 10.1 Å². The van der Waals surface area contributed by atoms with E-state index in [4.69, 9.17) is 0 Å². The normalized spacial score (nSPS) is 10.3. The zero-order valence-corrected chi connectivity index (χ0v) is 13.9. The quantitative estimate of drug-likeness (QED) is 0.497. The van der Waals surface area contributed by atoms with Crippen LogP contribution in [0.2, 0.25) is 0 Å². The molecule has 0 saturated carbocycles. The zero-order chi connectivity index (χ0) is 17.9. The van der Waals surface area contributed by atoms with Crippen LogP contribution < -0.4 is 10.6 Å². The number of benzene rings is 1. The monoisotopic (exact) mass is 342 g/mol. The average molecular weight is 342 g/mol. The van der Waals surface area contributed by atoms with Crippen molar-refractivity contribution in [1.82, 2.24) is 19.9 Å². The Balaban J connectivity index is 1.70. The van der Waals surface area contributed by atoms with Gasteiger partial charge < -0.3 is 10.3 Å². The van der Waals surface area contributed by atoms with Crippen LogP contribution in [0.25, 0.3) is 21.8 Å². The van der Waals surface area contributed by atoms with E-state index in [0.29, 0.717) is 17.2 Å². The van der Waals surface area contributed by atoms with Gasteiger partial charge in [0.15, 0.2) is 0 Å². The number of rotatable bonds is 3. The lowest BCUT2D eigenvalue weighted by atomic mass is 10.2. The second-order valence-corrected chi connectivity index (χ2v) is 5.54. The first-order valence-electron chi connectivity index (χ1n) is 7.91. The summed E-state index contributed by atoms with van der Waals surface area (Å²) in [6.45, 7) is 1.60. The molecule has 0 aliphatic rings. The predicted molar refractivity (Wildman–Crippen MR) is 101 cm³/mol. The number of aromatic nitrogens is 4. The van der Waals surface area contributed by atoms with Crippen molar-refractivity contribution in [1.29, 1.82) is 0 Å². The standard InChI is InChI=1S/C19H14N6O/c1-2-3-18(26)25-17-9-14-16(10-21-17)22-11-23-19(14)24-13-4-5-15-12(8-13)6-7-20-15/h4-11,20H,1H3,(H,21,25,26)(H,22,23,24). The number of nitrogens with zero attached hydrogens (tertiary/aromatic N) is 3. The van der Waals surface area contributed by atoms with Gasteiger partial charge in [-0.15, -0.1) is 0 Å². The van der Waals surface area contributed by atoms with E-state index in [9.17, 15) is 4.79 Å². The van der Waals surface area contributed by atoms with E-state index >= 15 is 0 Å². The maximum absolute atomic E-state index is 11.6. The van der Waals surface area contributed by atoms with Gasteiger partial charge in [-0.05, 0) is 43.2 Å². The summed E-state index contributed by atoms with van der Waals surface area (Å²) in [5.41, 5.74) is 2.63. The lowest BCUT2D eigenvalue weighted by Gasteiger charge is -2.09. The van der Waals surface area contributed by atoms with Gasteiger partial charge in [0.25, 0.3) is 0 Å². The number of hydrogen-bond donors (Lipinski definition) is 3. The summed E-state index contributed by atoms with van der Waals surface area (Å²) < 4.78 is 0.